The number of carbonyl (C=O) groups is 1. The highest BCUT2D eigenvalue weighted by atomic mass is 35.5. The van der Waals surface area contributed by atoms with Crippen molar-refractivity contribution in [3.63, 3.8) is 0 Å². The summed E-state index contributed by atoms with van der Waals surface area (Å²) in [5.41, 5.74) is 6.51. The first-order valence-electron chi connectivity index (χ1n) is 13.9. The molecule has 6 rings (SSSR count). The summed E-state index contributed by atoms with van der Waals surface area (Å²) in [6.07, 6.45) is 1.88. The van der Waals surface area contributed by atoms with E-state index in [2.05, 4.69) is 16.0 Å². The molecule has 1 aliphatic heterocycles. The number of amides is 1. The number of allylic oxidation sites excluding steroid dienone is 1. The normalized spacial score (nSPS) is 14.8. The van der Waals surface area contributed by atoms with E-state index in [1.54, 1.807) is 35.0 Å². The van der Waals surface area contributed by atoms with Gasteiger partial charge in [-0.05, 0) is 87.7 Å². The van der Waals surface area contributed by atoms with E-state index in [1.807, 2.05) is 82.3 Å². The van der Waals surface area contributed by atoms with Gasteiger partial charge in [0.15, 0.2) is 4.80 Å². The molecule has 1 aliphatic rings. The third-order valence-corrected chi connectivity index (χ3v) is 10.3. The van der Waals surface area contributed by atoms with Gasteiger partial charge in [0, 0.05) is 27.0 Å². The van der Waals surface area contributed by atoms with Crippen molar-refractivity contribution in [2.45, 2.75) is 40.7 Å². The first-order chi connectivity index (χ1) is 21.1. The maximum absolute atomic E-state index is 14.2. The number of para-hydroxylation sites is 1. The summed E-state index contributed by atoms with van der Waals surface area (Å²) in [6, 6.07) is 20.1. The molecule has 0 bridgehead atoms. The number of nitrogens with zero attached hydrogens (tertiary/aromatic N) is 4. The molecule has 0 fully saturated rings. The Morgan fingerprint density at radius 1 is 1.05 bits per heavy atom. The fourth-order valence-electron chi connectivity index (χ4n) is 5.58. The molecule has 1 N–H and O–H groups in total. The summed E-state index contributed by atoms with van der Waals surface area (Å²) in [4.78, 5) is 34.3. The smallest absolute Gasteiger partial charge is 0.271 e. The van der Waals surface area contributed by atoms with Crippen molar-refractivity contribution in [3.05, 3.63) is 135 Å². The third kappa shape index (κ3) is 5.05. The molecule has 4 heterocycles. The van der Waals surface area contributed by atoms with Gasteiger partial charge in [-0.25, -0.2) is 4.99 Å². The molecular weight excluding hydrogens is 610 g/mol. The molecule has 7 nitrogen and oxygen atoms in total. The quantitative estimate of drug-likeness (QED) is 0.239. The van der Waals surface area contributed by atoms with Gasteiger partial charge in [-0.15, -0.1) is 11.3 Å². The van der Waals surface area contributed by atoms with Crippen molar-refractivity contribution < 1.29 is 4.79 Å². The molecule has 0 aliphatic carbocycles. The zero-order chi connectivity index (χ0) is 31.3. The number of nitriles is 1. The number of thiophene rings is 1. The van der Waals surface area contributed by atoms with Crippen LogP contribution in [0.2, 0.25) is 5.02 Å². The lowest BCUT2D eigenvalue weighted by molar-refractivity contribution is -0.113. The Labute approximate surface area is 267 Å². The minimum Gasteiger partial charge on any atom is -0.322 e. The minimum atomic E-state index is -0.697. The third-order valence-electron chi connectivity index (χ3n) is 7.92. The molecule has 0 unspecified atom stereocenters. The SMILES string of the molecule is CC1=C(C(=O)Nc2ccccc2)[C@H](c2ccc(Cl)cc2)n2c(s/c(=C/c3cc(C)n(-c4sc(C)c(C)c4C#N)c3C)c2=O)=N1. The average molecular weight is 638 g/mol. The van der Waals surface area contributed by atoms with Gasteiger partial charge in [-0.1, -0.05) is 53.3 Å². The van der Waals surface area contributed by atoms with Crippen LogP contribution in [0.3, 0.4) is 0 Å². The first-order valence-corrected chi connectivity index (χ1v) is 15.9. The molecule has 1 atom stereocenters. The number of rotatable bonds is 5. The number of halogens is 1. The molecule has 0 saturated carbocycles. The summed E-state index contributed by atoms with van der Waals surface area (Å²) < 4.78 is 4.18. The van der Waals surface area contributed by atoms with Crippen molar-refractivity contribution in [1.29, 1.82) is 5.26 Å². The topological polar surface area (TPSA) is 92.2 Å². The molecular formula is C34H28ClN5O2S2. The number of hydrogen-bond donors (Lipinski definition) is 1. The Kier molecular flexibility index (Phi) is 7.76. The maximum atomic E-state index is 14.2. The number of benzene rings is 2. The fraction of sp³-hybridized carbons (Fsp3) is 0.176. The zero-order valence-corrected chi connectivity index (χ0v) is 27.1. The molecule has 0 radical (unpaired) electrons. The number of nitrogens with one attached hydrogen (secondary N) is 1. The molecule has 1 amide bonds. The van der Waals surface area contributed by atoms with Crippen LogP contribution in [0.4, 0.5) is 5.69 Å². The van der Waals surface area contributed by atoms with Gasteiger partial charge < -0.3 is 9.88 Å². The maximum Gasteiger partial charge on any atom is 0.271 e. The standard InChI is InChI=1S/C34H28ClN5O2S2/c1-18-15-24(21(4)39(18)33-27(17-36)19(2)22(5)43-33)16-28-32(42)40-30(23-11-13-25(35)14-12-23)29(20(3)37-34(40)44-28)31(41)38-26-9-7-6-8-10-26/h6-16,30H,1-5H3,(H,38,41)/b28-16+/t30-/m0/s1. The molecule has 0 saturated heterocycles. The van der Waals surface area contributed by atoms with E-state index < -0.39 is 6.04 Å². The second-order valence-corrected chi connectivity index (χ2v) is 13.3. The summed E-state index contributed by atoms with van der Waals surface area (Å²) >= 11 is 9.09. The van der Waals surface area contributed by atoms with Crippen molar-refractivity contribution in [2.24, 2.45) is 4.99 Å². The monoisotopic (exact) mass is 637 g/mol. The predicted octanol–water partition coefficient (Wildman–Crippen LogP) is 6.48. The number of anilines is 1. The van der Waals surface area contributed by atoms with Gasteiger partial charge in [0.05, 0.1) is 27.4 Å². The Hall–Kier alpha value is -4.49. The van der Waals surface area contributed by atoms with E-state index in [0.29, 0.717) is 36.9 Å². The largest absolute Gasteiger partial charge is 0.322 e. The second kappa shape index (κ2) is 11.5. The number of aromatic nitrogens is 2. The van der Waals surface area contributed by atoms with Crippen LogP contribution in [0.15, 0.2) is 81.7 Å². The van der Waals surface area contributed by atoms with Crippen molar-refractivity contribution in [1.82, 2.24) is 9.13 Å². The minimum absolute atomic E-state index is 0.239. The Morgan fingerprint density at radius 3 is 2.43 bits per heavy atom. The second-order valence-electron chi connectivity index (χ2n) is 10.7. The van der Waals surface area contributed by atoms with Crippen LogP contribution in [0.5, 0.6) is 0 Å². The average Bonchev–Trinajstić information content (AvgIpc) is 3.57. The highest BCUT2D eigenvalue weighted by Gasteiger charge is 2.32. The summed E-state index contributed by atoms with van der Waals surface area (Å²) in [5.74, 6) is -0.329. The number of carbonyl (C=O) groups excluding carboxylic acids is 1. The van der Waals surface area contributed by atoms with Crippen LogP contribution >= 0.6 is 34.3 Å². The van der Waals surface area contributed by atoms with Crippen LogP contribution < -0.4 is 20.2 Å². The first kappa shape index (κ1) is 29.6. The van der Waals surface area contributed by atoms with E-state index in [1.165, 1.54) is 11.3 Å². The van der Waals surface area contributed by atoms with Gasteiger partial charge >= 0.3 is 0 Å². The van der Waals surface area contributed by atoms with Crippen molar-refractivity contribution in [2.75, 3.05) is 5.32 Å². The number of thiazole rings is 1. The summed E-state index contributed by atoms with van der Waals surface area (Å²) in [6.45, 7) is 9.78. The van der Waals surface area contributed by atoms with E-state index in [9.17, 15) is 14.9 Å². The highest BCUT2D eigenvalue weighted by Crippen LogP contribution is 2.34. The van der Waals surface area contributed by atoms with Gasteiger partial charge in [-0.2, -0.15) is 5.26 Å². The van der Waals surface area contributed by atoms with Crippen LogP contribution in [0.25, 0.3) is 11.1 Å². The number of fused-ring (bicyclic) bond motifs is 1. The Balaban J connectivity index is 1.50. The number of aryl methyl sites for hydroxylation is 2. The molecule has 10 heteroatoms. The van der Waals surface area contributed by atoms with Crippen molar-refractivity contribution in [3.8, 4) is 11.1 Å². The number of hydrogen-bond acceptors (Lipinski definition) is 6. The van der Waals surface area contributed by atoms with Gasteiger partial charge in [0.25, 0.3) is 11.5 Å². The van der Waals surface area contributed by atoms with E-state index >= 15 is 0 Å². The zero-order valence-electron chi connectivity index (χ0n) is 24.7. The lowest BCUT2D eigenvalue weighted by Gasteiger charge is -2.25. The lowest BCUT2D eigenvalue weighted by Crippen LogP contribution is -2.40. The molecule has 2 aromatic carbocycles. The van der Waals surface area contributed by atoms with E-state index in [-0.39, 0.29) is 11.5 Å². The summed E-state index contributed by atoms with van der Waals surface area (Å²) in [7, 11) is 0. The van der Waals surface area contributed by atoms with Gasteiger partial charge in [0.1, 0.15) is 11.1 Å². The Morgan fingerprint density at radius 2 is 1.75 bits per heavy atom. The van der Waals surface area contributed by atoms with Crippen LogP contribution in [0.1, 0.15) is 51.5 Å². The predicted molar refractivity (Wildman–Crippen MR) is 178 cm³/mol. The van der Waals surface area contributed by atoms with E-state index in [0.717, 1.165) is 38.0 Å². The van der Waals surface area contributed by atoms with Gasteiger partial charge in [0.2, 0.25) is 0 Å². The highest BCUT2D eigenvalue weighted by molar-refractivity contribution is 7.15. The summed E-state index contributed by atoms with van der Waals surface area (Å²) in [5, 5.41) is 14.3. The molecule has 5 aromatic rings. The fourth-order valence-corrected chi connectivity index (χ4v) is 7.96. The van der Waals surface area contributed by atoms with Crippen molar-refractivity contribution >= 4 is 51.9 Å². The van der Waals surface area contributed by atoms with Crippen LogP contribution in [-0.4, -0.2) is 15.0 Å². The molecule has 0 spiro atoms. The van der Waals surface area contributed by atoms with Crippen LogP contribution in [0, 0.1) is 39.0 Å². The molecule has 220 valence electrons. The lowest BCUT2D eigenvalue weighted by atomic mass is 9.95. The molecule has 3 aromatic heterocycles. The van der Waals surface area contributed by atoms with Crippen LogP contribution in [-0.2, 0) is 4.79 Å². The molecule has 44 heavy (non-hydrogen) atoms. The van der Waals surface area contributed by atoms with Gasteiger partial charge in [-0.3, -0.25) is 14.2 Å². The Bertz CT molecular complexity index is 2210. The van der Waals surface area contributed by atoms with E-state index in [4.69, 9.17) is 16.6 Å².